The van der Waals surface area contributed by atoms with Gasteiger partial charge < -0.3 is 9.94 Å². The molecule has 0 saturated carbocycles. The second-order valence-electron chi connectivity index (χ2n) is 4.88. The van der Waals surface area contributed by atoms with Crippen LogP contribution < -0.4 is 0 Å². The summed E-state index contributed by atoms with van der Waals surface area (Å²) in [6.07, 6.45) is 0. The van der Waals surface area contributed by atoms with Gasteiger partial charge in [0.2, 0.25) is 0 Å². The van der Waals surface area contributed by atoms with Crippen LogP contribution in [-0.4, -0.2) is 16.4 Å². The molecule has 0 aliphatic heterocycles. The Morgan fingerprint density at radius 2 is 1.94 bits per heavy atom. The summed E-state index contributed by atoms with van der Waals surface area (Å²) in [5.74, 6) is 0.299. The second kappa shape index (κ2) is 4.56. The van der Waals surface area contributed by atoms with E-state index >= 15 is 0 Å². The Kier molecular flexibility index (Phi) is 3.58. The molecule has 1 aromatic carbocycles. The smallest absolute Gasteiger partial charge is 0.129 e. The first-order valence-corrected chi connectivity index (χ1v) is 5.32. The molecule has 0 radical (unpaired) electrons. The molecular formula is C13H19NO2. The summed E-state index contributed by atoms with van der Waals surface area (Å²) in [6.45, 7) is 9.60. The summed E-state index contributed by atoms with van der Waals surface area (Å²) in [5.41, 5.74) is 2.31. The van der Waals surface area contributed by atoms with E-state index in [1.165, 1.54) is 0 Å². The van der Waals surface area contributed by atoms with E-state index in [9.17, 15) is 5.11 Å². The number of benzene rings is 1. The Labute approximate surface area is 96.7 Å². The molecule has 16 heavy (non-hydrogen) atoms. The van der Waals surface area contributed by atoms with Crippen molar-refractivity contribution in [3.63, 3.8) is 0 Å². The van der Waals surface area contributed by atoms with E-state index in [-0.39, 0.29) is 5.60 Å². The van der Waals surface area contributed by atoms with E-state index in [1.807, 2.05) is 46.8 Å². The fourth-order valence-corrected chi connectivity index (χ4v) is 1.14. The lowest BCUT2D eigenvalue weighted by Crippen LogP contribution is -2.16. The minimum Gasteiger partial charge on any atom is -0.508 e. The quantitative estimate of drug-likeness (QED) is 0.615. The first-order valence-electron chi connectivity index (χ1n) is 5.32. The molecule has 0 aliphatic carbocycles. The summed E-state index contributed by atoms with van der Waals surface area (Å²) in [4.78, 5) is 5.34. The Morgan fingerprint density at radius 3 is 2.44 bits per heavy atom. The van der Waals surface area contributed by atoms with Gasteiger partial charge in [-0.05, 0) is 63.9 Å². The van der Waals surface area contributed by atoms with Crippen molar-refractivity contribution < 1.29 is 9.94 Å². The number of rotatable bonds is 2. The van der Waals surface area contributed by atoms with Crippen LogP contribution in [0.2, 0.25) is 0 Å². The minimum absolute atomic E-state index is 0.285. The number of phenols is 1. The maximum absolute atomic E-state index is 9.41. The normalized spacial score (nSPS) is 12.7. The maximum atomic E-state index is 9.41. The van der Waals surface area contributed by atoms with Gasteiger partial charge in [-0.15, -0.1) is 0 Å². The van der Waals surface area contributed by atoms with Gasteiger partial charge in [0.25, 0.3) is 0 Å². The van der Waals surface area contributed by atoms with Gasteiger partial charge in [-0.1, -0.05) is 5.16 Å². The second-order valence-corrected chi connectivity index (χ2v) is 4.88. The van der Waals surface area contributed by atoms with E-state index in [0.29, 0.717) is 5.75 Å². The average Bonchev–Trinajstić information content (AvgIpc) is 2.17. The van der Waals surface area contributed by atoms with E-state index in [2.05, 4.69) is 5.16 Å². The van der Waals surface area contributed by atoms with Crippen molar-refractivity contribution in [3.05, 3.63) is 29.3 Å². The lowest BCUT2D eigenvalue weighted by molar-refractivity contribution is 0.000954. The third kappa shape index (κ3) is 3.57. The molecule has 1 N–H and O–H groups in total. The standard InChI is InChI=1S/C13H19NO2/c1-9-8-11(6-7-12(9)15)10(2)14-16-13(3,4)5/h6-8,15H,1-5H3/b14-10-. The summed E-state index contributed by atoms with van der Waals surface area (Å²) >= 11 is 0. The monoisotopic (exact) mass is 221 g/mol. The molecular weight excluding hydrogens is 202 g/mol. The van der Waals surface area contributed by atoms with E-state index in [1.54, 1.807) is 6.07 Å². The van der Waals surface area contributed by atoms with Crippen LogP contribution in [0.5, 0.6) is 5.75 Å². The van der Waals surface area contributed by atoms with Gasteiger partial charge in [-0.25, -0.2) is 0 Å². The molecule has 3 nitrogen and oxygen atoms in total. The summed E-state index contributed by atoms with van der Waals surface area (Å²) in [6, 6.07) is 5.38. The number of aromatic hydroxyl groups is 1. The van der Waals surface area contributed by atoms with Crippen molar-refractivity contribution in [1.29, 1.82) is 0 Å². The number of nitrogens with zero attached hydrogens (tertiary/aromatic N) is 1. The van der Waals surface area contributed by atoms with E-state index < -0.39 is 0 Å². The molecule has 0 aromatic heterocycles. The van der Waals surface area contributed by atoms with Gasteiger partial charge in [-0.3, -0.25) is 0 Å². The number of oxime groups is 1. The zero-order valence-corrected chi connectivity index (χ0v) is 10.5. The van der Waals surface area contributed by atoms with E-state index in [0.717, 1.165) is 16.8 Å². The van der Waals surface area contributed by atoms with Crippen LogP contribution in [0.4, 0.5) is 0 Å². The highest BCUT2D eigenvalue weighted by molar-refractivity contribution is 5.98. The van der Waals surface area contributed by atoms with Crippen molar-refractivity contribution in [2.75, 3.05) is 0 Å². The van der Waals surface area contributed by atoms with Gasteiger partial charge >= 0.3 is 0 Å². The first kappa shape index (κ1) is 12.6. The fraction of sp³-hybridized carbons (Fsp3) is 0.462. The SMILES string of the molecule is C/C(=N/OC(C)(C)C)c1ccc(O)c(C)c1. The molecule has 0 spiro atoms. The molecule has 1 aromatic rings. The Hall–Kier alpha value is -1.51. The third-order valence-corrected chi connectivity index (χ3v) is 2.07. The minimum atomic E-state index is -0.285. The molecule has 0 unspecified atom stereocenters. The molecule has 0 heterocycles. The molecule has 0 atom stereocenters. The van der Waals surface area contributed by atoms with Crippen LogP contribution in [0.15, 0.2) is 23.4 Å². The molecule has 88 valence electrons. The maximum Gasteiger partial charge on any atom is 0.129 e. The lowest BCUT2D eigenvalue weighted by atomic mass is 10.1. The molecule has 0 fully saturated rings. The van der Waals surface area contributed by atoms with Crippen molar-refractivity contribution in [3.8, 4) is 5.75 Å². The van der Waals surface area contributed by atoms with Crippen LogP contribution in [0.25, 0.3) is 0 Å². The van der Waals surface area contributed by atoms with Crippen LogP contribution >= 0.6 is 0 Å². The van der Waals surface area contributed by atoms with Crippen molar-refractivity contribution in [2.45, 2.75) is 40.2 Å². The summed E-state index contributed by atoms with van der Waals surface area (Å²) < 4.78 is 0. The van der Waals surface area contributed by atoms with Gasteiger partial charge in [0.05, 0.1) is 5.71 Å². The third-order valence-electron chi connectivity index (χ3n) is 2.07. The predicted octanol–water partition coefficient (Wildman–Crippen LogP) is 3.24. The molecule has 0 aliphatic rings. The zero-order chi connectivity index (χ0) is 12.3. The van der Waals surface area contributed by atoms with Crippen molar-refractivity contribution in [2.24, 2.45) is 5.16 Å². The van der Waals surface area contributed by atoms with Crippen molar-refractivity contribution >= 4 is 5.71 Å². The summed E-state index contributed by atoms with van der Waals surface area (Å²) in [5, 5.41) is 13.5. The van der Waals surface area contributed by atoms with Gasteiger partial charge in [0.1, 0.15) is 11.4 Å². The highest BCUT2D eigenvalue weighted by Crippen LogP contribution is 2.18. The zero-order valence-electron chi connectivity index (χ0n) is 10.5. The van der Waals surface area contributed by atoms with Crippen LogP contribution in [-0.2, 0) is 4.84 Å². The fourth-order valence-electron chi connectivity index (χ4n) is 1.14. The molecule has 0 amide bonds. The highest BCUT2D eigenvalue weighted by atomic mass is 16.6. The first-order chi connectivity index (χ1) is 7.29. The van der Waals surface area contributed by atoms with E-state index in [4.69, 9.17) is 4.84 Å². The van der Waals surface area contributed by atoms with Crippen LogP contribution in [0.3, 0.4) is 0 Å². The highest BCUT2D eigenvalue weighted by Gasteiger charge is 2.10. The molecule has 1 rings (SSSR count). The number of aryl methyl sites for hydroxylation is 1. The molecule has 0 bridgehead atoms. The number of hydrogen-bond acceptors (Lipinski definition) is 3. The molecule has 3 heteroatoms. The topological polar surface area (TPSA) is 41.8 Å². The molecule has 0 saturated heterocycles. The Bertz CT molecular complexity index is 403. The number of hydrogen-bond donors (Lipinski definition) is 1. The Balaban J connectivity index is 2.88. The average molecular weight is 221 g/mol. The lowest BCUT2D eigenvalue weighted by Gasteiger charge is -2.16. The largest absolute Gasteiger partial charge is 0.508 e. The summed E-state index contributed by atoms with van der Waals surface area (Å²) in [7, 11) is 0. The van der Waals surface area contributed by atoms with Crippen LogP contribution in [0, 0.1) is 6.92 Å². The van der Waals surface area contributed by atoms with Crippen molar-refractivity contribution in [1.82, 2.24) is 0 Å². The number of phenolic OH excluding ortho intramolecular Hbond substituents is 1. The van der Waals surface area contributed by atoms with Gasteiger partial charge in [0, 0.05) is 0 Å². The predicted molar refractivity (Wildman–Crippen MR) is 65.9 cm³/mol. The van der Waals surface area contributed by atoms with Crippen LogP contribution in [0.1, 0.15) is 38.8 Å². The Morgan fingerprint density at radius 1 is 1.31 bits per heavy atom. The van der Waals surface area contributed by atoms with Gasteiger partial charge in [-0.2, -0.15) is 0 Å². The van der Waals surface area contributed by atoms with Gasteiger partial charge in [0.15, 0.2) is 0 Å².